The van der Waals surface area contributed by atoms with Crippen LogP contribution in [0, 0.1) is 0 Å². The molecule has 2 aromatic rings. The normalized spacial score (nSPS) is 18.8. The Labute approximate surface area is 142 Å². The summed E-state index contributed by atoms with van der Waals surface area (Å²) >= 11 is 1.46. The van der Waals surface area contributed by atoms with Gasteiger partial charge in [0.1, 0.15) is 11.5 Å². The van der Waals surface area contributed by atoms with Gasteiger partial charge in [-0.1, -0.05) is 6.07 Å². The maximum Gasteiger partial charge on any atom is 0.278 e. The van der Waals surface area contributed by atoms with Crippen LogP contribution >= 0.6 is 11.3 Å². The van der Waals surface area contributed by atoms with Crippen molar-refractivity contribution in [2.24, 2.45) is 0 Å². The van der Waals surface area contributed by atoms with Crippen LogP contribution in [0.1, 0.15) is 10.6 Å². The van der Waals surface area contributed by atoms with E-state index in [1.54, 1.807) is 12.1 Å². The summed E-state index contributed by atoms with van der Waals surface area (Å²) in [6.45, 7) is 2.48. The van der Waals surface area contributed by atoms with Crippen LogP contribution in [0.2, 0.25) is 0 Å². The highest BCUT2D eigenvalue weighted by Gasteiger charge is 2.42. The average Bonchev–Trinajstić information content (AvgIpc) is 3.33. The van der Waals surface area contributed by atoms with Crippen molar-refractivity contribution in [3.63, 3.8) is 0 Å². The van der Waals surface area contributed by atoms with E-state index in [-0.39, 0.29) is 18.4 Å². The Balaban J connectivity index is 1.72. The summed E-state index contributed by atoms with van der Waals surface area (Å²) in [5.74, 6) is 0.0625. The fraction of sp³-hybridized carbons (Fsp3) is 0.294. The lowest BCUT2D eigenvalue weighted by Crippen LogP contribution is -2.40. The van der Waals surface area contributed by atoms with Gasteiger partial charge in [0.25, 0.3) is 11.8 Å². The van der Waals surface area contributed by atoms with Crippen molar-refractivity contribution >= 4 is 28.7 Å². The Kier molecular flexibility index (Phi) is 3.95. The van der Waals surface area contributed by atoms with Gasteiger partial charge in [-0.3, -0.25) is 14.5 Å². The van der Waals surface area contributed by atoms with Crippen LogP contribution in [0.4, 0.5) is 0 Å². The van der Waals surface area contributed by atoms with Gasteiger partial charge in [0.15, 0.2) is 0 Å². The molecule has 2 aliphatic rings. The van der Waals surface area contributed by atoms with Gasteiger partial charge in [0, 0.05) is 18.0 Å². The second kappa shape index (κ2) is 6.26. The number of carbonyl (C=O) groups excluding carboxylic acids is 2. The summed E-state index contributed by atoms with van der Waals surface area (Å²) in [6.07, 6.45) is 1.54. The van der Waals surface area contributed by atoms with Gasteiger partial charge >= 0.3 is 0 Å². The standard InChI is InChI=1S/C17H16N2O4S/c20-16-14(13-4-2-10-24-13)15(18-5-8-22-9-6-18)17(21)19(16)11-12-3-1-7-23-12/h1-4,7,10H,5-6,8-9,11H2. The van der Waals surface area contributed by atoms with E-state index in [4.69, 9.17) is 9.15 Å². The number of carbonyl (C=O) groups is 2. The molecule has 0 spiro atoms. The first-order chi connectivity index (χ1) is 11.8. The van der Waals surface area contributed by atoms with E-state index in [9.17, 15) is 9.59 Å². The lowest BCUT2D eigenvalue weighted by molar-refractivity contribution is -0.138. The van der Waals surface area contributed by atoms with Crippen LogP contribution in [0.25, 0.3) is 5.57 Å². The molecule has 124 valence electrons. The van der Waals surface area contributed by atoms with Crippen LogP contribution in [-0.4, -0.2) is 47.9 Å². The molecule has 0 bridgehead atoms. The van der Waals surface area contributed by atoms with Crippen LogP contribution in [0.15, 0.2) is 46.0 Å². The maximum atomic E-state index is 13.0. The van der Waals surface area contributed by atoms with Crippen molar-refractivity contribution in [3.05, 3.63) is 52.2 Å². The Morgan fingerprint density at radius 3 is 2.58 bits per heavy atom. The minimum Gasteiger partial charge on any atom is -0.467 e. The van der Waals surface area contributed by atoms with Gasteiger partial charge in [-0.25, -0.2) is 0 Å². The molecule has 24 heavy (non-hydrogen) atoms. The van der Waals surface area contributed by atoms with Crippen molar-refractivity contribution in [1.82, 2.24) is 9.80 Å². The first-order valence-corrected chi connectivity index (χ1v) is 8.63. The smallest absolute Gasteiger partial charge is 0.278 e. The number of rotatable bonds is 4. The molecular weight excluding hydrogens is 328 g/mol. The molecule has 0 atom stereocenters. The van der Waals surface area contributed by atoms with Crippen molar-refractivity contribution in [3.8, 4) is 0 Å². The third-order valence-corrected chi connectivity index (χ3v) is 5.02. The van der Waals surface area contributed by atoms with E-state index >= 15 is 0 Å². The Bertz CT molecular complexity index is 774. The zero-order chi connectivity index (χ0) is 16.5. The molecule has 2 aliphatic heterocycles. The molecule has 0 aliphatic carbocycles. The molecule has 6 nitrogen and oxygen atoms in total. The molecular formula is C17H16N2O4S. The van der Waals surface area contributed by atoms with Gasteiger partial charge in [0.05, 0.1) is 31.6 Å². The molecule has 0 unspecified atom stereocenters. The molecule has 4 heterocycles. The number of hydrogen-bond donors (Lipinski definition) is 0. The quantitative estimate of drug-likeness (QED) is 0.794. The predicted octanol–water partition coefficient (Wildman–Crippen LogP) is 1.95. The number of furan rings is 1. The third-order valence-electron chi connectivity index (χ3n) is 4.13. The number of hydrogen-bond acceptors (Lipinski definition) is 6. The van der Waals surface area contributed by atoms with Crippen LogP contribution in [-0.2, 0) is 20.9 Å². The summed E-state index contributed by atoms with van der Waals surface area (Å²) in [5.41, 5.74) is 0.973. The Morgan fingerprint density at radius 1 is 1.08 bits per heavy atom. The highest BCUT2D eigenvalue weighted by Crippen LogP contribution is 2.34. The van der Waals surface area contributed by atoms with Gasteiger partial charge in [0.2, 0.25) is 0 Å². The fourth-order valence-corrected chi connectivity index (χ4v) is 3.75. The van der Waals surface area contributed by atoms with Crippen LogP contribution < -0.4 is 0 Å². The first-order valence-electron chi connectivity index (χ1n) is 7.75. The minimum atomic E-state index is -0.264. The Hall–Kier alpha value is -2.38. The fourth-order valence-electron chi connectivity index (χ4n) is 2.99. The van der Waals surface area contributed by atoms with Gasteiger partial charge in [-0.2, -0.15) is 0 Å². The molecule has 2 aromatic heterocycles. The molecule has 7 heteroatoms. The summed E-state index contributed by atoms with van der Waals surface area (Å²) in [7, 11) is 0. The zero-order valence-electron chi connectivity index (χ0n) is 12.9. The second-order valence-corrected chi connectivity index (χ2v) is 6.52. The van der Waals surface area contributed by atoms with Gasteiger partial charge < -0.3 is 14.1 Å². The predicted molar refractivity (Wildman–Crippen MR) is 87.9 cm³/mol. The summed E-state index contributed by atoms with van der Waals surface area (Å²) in [4.78, 5) is 30.0. The molecule has 0 aromatic carbocycles. The van der Waals surface area contributed by atoms with Crippen LogP contribution in [0.5, 0.6) is 0 Å². The summed E-state index contributed by atoms with van der Waals surface area (Å²) < 4.78 is 10.7. The lowest BCUT2D eigenvalue weighted by Gasteiger charge is -2.29. The molecule has 2 amide bonds. The monoisotopic (exact) mass is 344 g/mol. The van der Waals surface area contributed by atoms with Gasteiger partial charge in [-0.05, 0) is 23.6 Å². The van der Waals surface area contributed by atoms with Crippen molar-refractivity contribution in [1.29, 1.82) is 0 Å². The number of imide groups is 1. The molecule has 0 N–H and O–H groups in total. The van der Waals surface area contributed by atoms with Gasteiger partial charge in [-0.15, -0.1) is 11.3 Å². The topological polar surface area (TPSA) is 63.0 Å². The van der Waals surface area contributed by atoms with Crippen molar-refractivity contribution in [2.45, 2.75) is 6.54 Å². The van der Waals surface area contributed by atoms with E-state index in [2.05, 4.69) is 0 Å². The highest BCUT2D eigenvalue weighted by molar-refractivity contribution is 7.11. The van der Waals surface area contributed by atoms with E-state index in [1.165, 1.54) is 22.5 Å². The van der Waals surface area contributed by atoms with E-state index < -0.39 is 0 Å². The number of ether oxygens (including phenoxy) is 1. The average molecular weight is 344 g/mol. The van der Waals surface area contributed by atoms with E-state index in [0.29, 0.717) is 43.3 Å². The second-order valence-electron chi connectivity index (χ2n) is 5.58. The Morgan fingerprint density at radius 2 is 1.92 bits per heavy atom. The number of nitrogens with zero attached hydrogens (tertiary/aromatic N) is 2. The largest absolute Gasteiger partial charge is 0.467 e. The number of thiophene rings is 1. The van der Waals surface area contributed by atoms with E-state index in [0.717, 1.165) is 4.88 Å². The lowest BCUT2D eigenvalue weighted by atomic mass is 10.1. The zero-order valence-corrected chi connectivity index (χ0v) is 13.8. The minimum absolute atomic E-state index is 0.146. The van der Waals surface area contributed by atoms with Crippen molar-refractivity contribution in [2.75, 3.05) is 26.3 Å². The molecule has 0 radical (unpaired) electrons. The molecule has 4 rings (SSSR count). The SMILES string of the molecule is O=C1C(c2cccs2)=C(N2CCOCC2)C(=O)N1Cc1ccco1. The first kappa shape index (κ1) is 15.2. The summed E-state index contributed by atoms with van der Waals surface area (Å²) in [5, 5.41) is 1.91. The third kappa shape index (κ3) is 2.55. The van der Waals surface area contributed by atoms with Crippen LogP contribution in [0.3, 0.4) is 0 Å². The number of morpholine rings is 1. The highest BCUT2D eigenvalue weighted by atomic mass is 32.1. The molecule has 1 saturated heterocycles. The maximum absolute atomic E-state index is 13.0. The van der Waals surface area contributed by atoms with E-state index in [1.807, 2.05) is 22.4 Å². The molecule has 0 saturated carbocycles. The summed E-state index contributed by atoms with van der Waals surface area (Å²) in [6, 6.07) is 7.27. The molecule has 1 fully saturated rings. The number of amides is 2. The van der Waals surface area contributed by atoms with Crippen molar-refractivity contribution < 1.29 is 18.7 Å².